The van der Waals surface area contributed by atoms with E-state index in [-0.39, 0.29) is 17.9 Å². The van der Waals surface area contributed by atoms with Crippen molar-refractivity contribution in [3.8, 4) is 0 Å². The summed E-state index contributed by atoms with van der Waals surface area (Å²) in [7, 11) is 0. The number of anilines is 1. The summed E-state index contributed by atoms with van der Waals surface area (Å²) in [5.74, 6) is 0.439. The Labute approximate surface area is 149 Å². The maximum Gasteiger partial charge on any atom is 0.250 e. The molecule has 0 aliphatic carbocycles. The Bertz CT molecular complexity index is 915. The number of amides is 1. The van der Waals surface area contributed by atoms with Gasteiger partial charge in [-0.3, -0.25) is 9.59 Å². The molecule has 1 N–H and O–H groups in total. The Morgan fingerprint density at radius 2 is 1.92 bits per heavy atom. The molecule has 0 aliphatic heterocycles. The van der Waals surface area contributed by atoms with E-state index in [4.69, 9.17) is 11.6 Å². The molecule has 0 atom stereocenters. The highest BCUT2D eigenvalue weighted by molar-refractivity contribution is 6.30. The van der Waals surface area contributed by atoms with E-state index in [0.29, 0.717) is 23.9 Å². The van der Waals surface area contributed by atoms with Crippen molar-refractivity contribution in [2.24, 2.45) is 0 Å². The summed E-state index contributed by atoms with van der Waals surface area (Å²) in [5.41, 5.74) is 0.905. The van der Waals surface area contributed by atoms with Crippen LogP contribution in [0.1, 0.15) is 12.0 Å². The summed E-state index contributed by atoms with van der Waals surface area (Å²) in [6.07, 6.45) is 3.50. The number of carbonyl (C=O) groups excluding carboxylic acids is 1. The third kappa shape index (κ3) is 4.58. The van der Waals surface area contributed by atoms with E-state index in [9.17, 15) is 9.59 Å². The summed E-state index contributed by atoms with van der Waals surface area (Å²) in [6.45, 7) is 0.856. The molecule has 0 saturated carbocycles. The fraction of sp³-hybridized carbons (Fsp3) is 0.167. The van der Waals surface area contributed by atoms with Crippen molar-refractivity contribution >= 4 is 23.3 Å². The maximum absolute atomic E-state index is 12.2. The monoisotopic (exact) mass is 356 g/mol. The van der Waals surface area contributed by atoms with Crippen molar-refractivity contribution in [2.45, 2.75) is 19.5 Å². The second-order valence-corrected chi connectivity index (χ2v) is 5.97. The van der Waals surface area contributed by atoms with Gasteiger partial charge in [-0.1, -0.05) is 29.8 Å². The number of pyridine rings is 1. The molecule has 2 heterocycles. The van der Waals surface area contributed by atoms with Gasteiger partial charge in [0.05, 0.1) is 12.7 Å². The number of carbonyl (C=O) groups is 1. The molecule has 6 nitrogen and oxygen atoms in total. The molecule has 0 bridgehead atoms. The van der Waals surface area contributed by atoms with Gasteiger partial charge in [-0.05, 0) is 23.8 Å². The lowest BCUT2D eigenvalue weighted by atomic mass is 10.2. The zero-order valence-corrected chi connectivity index (χ0v) is 14.2. The molecule has 3 rings (SSSR count). The molecule has 7 heteroatoms. The first-order valence-corrected chi connectivity index (χ1v) is 8.21. The van der Waals surface area contributed by atoms with Gasteiger partial charge in [-0.2, -0.15) is 5.10 Å². The second kappa shape index (κ2) is 7.81. The summed E-state index contributed by atoms with van der Waals surface area (Å²) >= 11 is 5.89. The fourth-order valence-corrected chi connectivity index (χ4v) is 2.53. The van der Waals surface area contributed by atoms with Crippen LogP contribution in [-0.4, -0.2) is 20.3 Å². The number of hydrogen-bond donors (Lipinski definition) is 1. The Kier molecular flexibility index (Phi) is 5.30. The normalized spacial score (nSPS) is 10.6. The maximum atomic E-state index is 12.2. The van der Waals surface area contributed by atoms with Gasteiger partial charge in [-0.15, -0.1) is 0 Å². The van der Waals surface area contributed by atoms with Gasteiger partial charge in [0, 0.05) is 36.3 Å². The van der Waals surface area contributed by atoms with Crippen molar-refractivity contribution in [1.29, 1.82) is 0 Å². The zero-order valence-electron chi connectivity index (χ0n) is 13.4. The van der Waals surface area contributed by atoms with Crippen molar-refractivity contribution in [3.63, 3.8) is 0 Å². The predicted octanol–water partition coefficient (Wildman–Crippen LogP) is 2.78. The molecule has 128 valence electrons. The van der Waals surface area contributed by atoms with E-state index in [1.54, 1.807) is 35.3 Å². The molecule has 0 aliphatic rings. The minimum Gasteiger partial charge on any atom is -0.315 e. The lowest BCUT2D eigenvalue weighted by Gasteiger charge is -2.10. The largest absolute Gasteiger partial charge is 0.315 e. The summed E-state index contributed by atoms with van der Waals surface area (Å²) in [6, 6.07) is 14.1. The average molecular weight is 357 g/mol. The molecule has 0 saturated heterocycles. The predicted molar refractivity (Wildman–Crippen MR) is 96.7 cm³/mol. The topological polar surface area (TPSA) is 68.9 Å². The van der Waals surface area contributed by atoms with Crippen molar-refractivity contribution in [1.82, 2.24) is 14.3 Å². The summed E-state index contributed by atoms with van der Waals surface area (Å²) < 4.78 is 3.21. The third-order valence-electron chi connectivity index (χ3n) is 3.71. The minimum absolute atomic E-state index is 0.122. The first-order valence-electron chi connectivity index (χ1n) is 7.83. The third-order valence-corrected chi connectivity index (χ3v) is 3.96. The molecular weight excluding hydrogens is 340 g/mol. The van der Waals surface area contributed by atoms with E-state index in [0.717, 1.165) is 5.56 Å². The molecule has 0 fully saturated rings. The number of halogens is 1. The van der Waals surface area contributed by atoms with Crippen LogP contribution in [0.15, 0.2) is 65.7 Å². The molecule has 1 amide bonds. The Morgan fingerprint density at radius 3 is 2.68 bits per heavy atom. The lowest BCUT2D eigenvalue weighted by Crippen LogP contribution is -2.22. The summed E-state index contributed by atoms with van der Waals surface area (Å²) in [4.78, 5) is 23.8. The van der Waals surface area contributed by atoms with E-state index in [1.165, 1.54) is 10.6 Å². The van der Waals surface area contributed by atoms with Crippen LogP contribution in [0.25, 0.3) is 0 Å². The van der Waals surface area contributed by atoms with Crippen LogP contribution < -0.4 is 10.9 Å². The van der Waals surface area contributed by atoms with Crippen molar-refractivity contribution < 1.29 is 4.79 Å². The highest BCUT2D eigenvalue weighted by Crippen LogP contribution is 2.13. The number of benzene rings is 1. The molecule has 0 radical (unpaired) electrons. The van der Waals surface area contributed by atoms with Crippen LogP contribution in [-0.2, 0) is 17.9 Å². The van der Waals surface area contributed by atoms with Crippen LogP contribution in [0.5, 0.6) is 0 Å². The molecule has 25 heavy (non-hydrogen) atoms. The second-order valence-electron chi connectivity index (χ2n) is 5.53. The zero-order chi connectivity index (χ0) is 17.6. The molecule has 0 unspecified atom stereocenters. The highest BCUT2D eigenvalue weighted by Gasteiger charge is 2.08. The lowest BCUT2D eigenvalue weighted by molar-refractivity contribution is -0.116. The molecular formula is C18H17ClN4O2. The minimum atomic E-state index is -0.173. The number of nitrogens with zero attached hydrogens (tertiary/aromatic N) is 3. The molecule has 2 aromatic heterocycles. The number of aryl methyl sites for hydroxylation is 1. The average Bonchev–Trinajstić information content (AvgIpc) is 3.03. The van der Waals surface area contributed by atoms with Crippen LogP contribution in [0.2, 0.25) is 5.02 Å². The molecule has 0 spiro atoms. The smallest absolute Gasteiger partial charge is 0.250 e. The Balaban J connectivity index is 1.60. The van der Waals surface area contributed by atoms with Gasteiger partial charge >= 0.3 is 0 Å². The van der Waals surface area contributed by atoms with Gasteiger partial charge in [0.15, 0.2) is 0 Å². The van der Waals surface area contributed by atoms with E-state index < -0.39 is 0 Å². The van der Waals surface area contributed by atoms with Crippen LogP contribution >= 0.6 is 11.6 Å². The molecule has 1 aromatic carbocycles. The van der Waals surface area contributed by atoms with E-state index in [1.807, 2.05) is 24.3 Å². The van der Waals surface area contributed by atoms with Gasteiger partial charge in [-0.25, -0.2) is 4.68 Å². The van der Waals surface area contributed by atoms with Crippen LogP contribution in [0, 0.1) is 0 Å². The van der Waals surface area contributed by atoms with Crippen molar-refractivity contribution in [3.05, 3.63) is 81.9 Å². The standard InChI is InChI=1S/C18H17ClN4O2/c19-15-6-4-14(5-7-15)13-23-16(8-10-20-23)21-17(24)9-12-22-11-2-1-3-18(22)25/h1-8,10-11H,9,12-13H2,(H,21,24). The Morgan fingerprint density at radius 1 is 1.12 bits per heavy atom. The van der Waals surface area contributed by atoms with Gasteiger partial charge in [0.1, 0.15) is 5.82 Å². The number of nitrogens with one attached hydrogen (secondary N) is 1. The summed E-state index contributed by atoms with van der Waals surface area (Å²) in [5, 5.41) is 7.74. The van der Waals surface area contributed by atoms with Crippen molar-refractivity contribution in [2.75, 3.05) is 5.32 Å². The SMILES string of the molecule is O=C(CCn1ccccc1=O)Nc1ccnn1Cc1ccc(Cl)cc1. The number of rotatable bonds is 6. The first kappa shape index (κ1) is 17.0. The molecule has 3 aromatic rings. The van der Waals surface area contributed by atoms with Crippen LogP contribution in [0.3, 0.4) is 0 Å². The van der Waals surface area contributed by atoms with E-state index >= 15 is 0 Å². The van der Waals surface area contributed by atoms with Crippen LogP contribution in [0.4, 0.5) is 5.82 Å². The first-order chi connectivity index (χ1) is 12.1. The van der Waals surface area contributed by atoms with Gasteiger partial charge in [0.25, 0.3) is 5.56 Å². The van der Waals surface area contributed by atoms with Gasteiger partial charge in [0.2, 0.25) is 5.91 Å². The number of aromatic nitrogens is 3. The number of hydrogen-bond acceptors (Lipinski definition) is 3. The highest BCUT2D eigenvalue weighted by atomic mass is 35.5. The quantitative estimate of drug-likeness (QED) is 0.738. The fourth-order valence-electron chi connectivity index (χ4n) is 2.40. The van der Waals surface area contributed by atoms with E-state index in [2.05, 4.69) is 10.4 Å². The Hall–Kier alpha value is -2.86. The van der Waals surface area contributed by atoms with Gasteiger partial charge < -0.3 is 9.88 Å².